The fraction of sp³-hybridized carbons (Fsp3) is 1.00. The molecule has 3 heteroatoms. The molecule has 1 unspecified atom stereocenters. The highest BCUT2D eigenvalue weighted by molar-refractivity contribution is 4.86. The molecule has 0 aromatic rings. The summed E-state index contributed by atoms with van der Waals surface area (Å²) in [5, 5.41) is 3.56. The highest BCUT2D eigenvalue weighted by Crippen LogP contribution is 2.33. The van der Waals surface area contributed by atoms with Gasteiger partial charge in [-0.3, -0.25) is 0 Å². The zero-order chi connectivity index (χ0) is 13.0. The van der Waals surface area contributed by atoms with E-state index in [2.05, 4.69) is 31.1 Å². The number of nitrogens with zero attached hydrogens (tertiary/aromatic N) is 1. The summed E-state index contributed by atoms with van der Waals surface area (Å²) < 4.78 is 5.46. The van der Waals surface area contributed by atoms with Gasteiger partial charge in [-0.1, -0.05) is 13.8 Å². The van der Waals surface area contributed by atoms with E-state index in [4.69, 9.17) is 4.74 Å². The van der Waals surface area contributed by atoms with Crippen LogP contribution in [0.4, 0.5) is 0 Å². The molecule has 2 fully saturated rings. The molecule has 0 radical (unpaired) electrons. The summed E-state index contributed by atoms with van der Waals surface area (Å²) in [7, 11) is 2.30. The van der Waals surface area contributed by atoms with Crippen LogP contribution in [-0.4, -0.2) is 50.8 Å². The first-order valence-electron chi connectivity index (χ1n) is 7.58. The topological polar surface area (TPSA) is 24.5 Å². The van der Waals surface area contributed by atoms with E-state index < -0.39 is 0 Å². The summed E-state index contributed by atoms with van der Waals surface area (Å²) in [6.07, 6.45) is 5.14. The van der Waals surface area contributed by atoms with Gasteiger partial charge in [-0.15, -0.1) is 0 Å². The molecular weight excluding hydrogens is 224 g/mol. The molecule has 2 aliphatic rings. The maximum atomic E-state index is 5.46. The molecule has 2 aliphatic heterocycles. The van der Waals surface area contributed by atoms with Crippen LogP contribution >= 0.6 is 0 Å². The van der Waals surface area contributed by atoms with Crippen LogP contribution in [-0.2, 0) is 4.74 Å². The smallest absolute Gasteiger partial charge is 0.0480 e. The van der Waals surface area contributed by atoms with Crippen LogP contribution in [0.25, 0.3) is 0 Å². The first kappa shape index (κ1) is 14.3. The van der Waals surface area contributed by atoms with Gasteiger partial charge in [0.15, 0.2) is 0 Å². The molecule has 106 valence electrons. The van der Waals surface area contributed by atoms with E-state index in [1.165, 1.54) is 45.3 Å². The number of rotatable bonds is 4. The molecule has 2 rings (SSSR count). The second-order valence-corrected chi connectivity index (χ2v) is 6.79. The Bertz CT molecular complexity index is 243. The Morgan fingerprint density at radius 2 is 1.94 bits per heavy atom. The minimum Gasteiger partial charge on any atom is -0.381 e. The standard InChI is InChI=1S/C15H30N2O/c1-15(2,13-5-4-8-16-11-13)12-17(3)14-6-9-18-10-7-14/h13-14,16H,4-12H2,1-3H3. The summed E-state index contributed by atoms with van der Waals surface area (Å²) in [6, 6.07) is 0.731. The summed E-state index contributed by atoms with van der Waals surface area (Å²) in [5.74, 6) is 0.827. The van der Waals surface area contributed by atoms with E-state index in [1.54, 1.807) is 0 Å². The van der Waals surface area contributed by atoms with Gasteiger partial charge in [0, 0.05) is 25.8 Å². The molecule has 18 heavy (non-hydrogen) atoms. The van der Waals surface area contributed by atoms with Gasteiger partial charge >= 0.3 is 0 Å². The van der Waals surface area contributed by atoms with E-state index in [-0.39, 0.29) is 0 Å². The van der Waals surface area contributed by atoms with Crippen molar-refractivity contribution in [2.75, 3.05) is 39.9 Å². The quantitative estimate of drug-likeness (QED) is 0.832. The Labute approximate surface area is 112 Å². The summed E-state index contributed by atoms with van der Waals surface area (Å²) in [5.41, 5.74) is 0.417. The molecule has 0 amide bonds. The van der Waals surface area contributed by atoms with Crippen molar-refractivity contribution in [2.45, 2.75) is 45.6 Å². The number of hydrogen-bond donors (Lipinski definition) is 1. The molecular formula is C15H30N2O. The molecule has 0 aromatic heterocycles. The van der Waals surface area contributed by atoms with Gasteiger partial charge in [-0.2, -0.15) is 0 Å². The van der Waals surface area contributed by atoms with Crippen molar-refractivity contribution in [1.29, 1.82) is 0 Å². The monoisotopic (exact) mass is 254 g/mol. The van der Waals surface area contributed by atoms with E-state index in [0.717, 1.165) is 25.2 Å². The van der Waals surface area contributed by atoms with Crippen molar-refractivity contribution in [3.8, 4) is 0 Å². The summed E-state index contributed by atoms with van der Waals surface area (Å²) in [6.45, 7) is 10.4. The number of nitrogens with one attached hydrogen (secondary N) is 1. The minimum atomic E-state index is 0.417. The lowest BCUT2D eigenvalue weighted by molar-refractivity contribution is 0.0199. The molecule has 0 aromatic carbocycles. The minimum absolute atomic E-state index is 0.417. The van der Waals surface area contributed by atoms with E-state index in [1.807, 2.05) is 0 Å². The van der Waals surface area contributed by atoms with Gasteiger partial charge in [0.1, 0.15) is 0 Å². The number of ether oxygens (including phenoxy) is 1. The molecule has 0 bridgehead atoms. The number of hydrogen-bond acceptors (Lipinski definition) is 3. The SMILES string of the molecule is CN(CC(C)(C)C1CCCNC1)C1CCOCC1. The summed E-state index contributed by atoms with van der Waals surface area (Å²) in [4.78, 5) is 2.58. The van der Waals surface area contributed by atoms with Crippen LogP contribution in [0.15, 0.2) is 0 Å². The van der Waals surface area contributed by atoms with Gasteiger partial charge in [0.2, 0.25) is 0 Å². The van der Waals surface area contributed by atoms with Crippen molar-refractivity contribution in [3.63, 3.8) is 0 Å². The largest absolute Gasteiger partial charge is 0.381 e. The predicted molar refractivity (Wildman–Crippen MR) is 75.8 cm³/mol. The molecule has 1 atom stereocenters. The fourth-order valence-electron chi connectivity index (χ4n) is 3.55. The molecule has 3 nitrogen and oxygen atoms in total. The van der Waals surface area contributed by atoms with Crippen LogP contribution in [0, 0.1) is 11.3 Å². The maximum absolute atomic E-state index is 5.46. The second kappa shape index (κ2) is 6.36. The zero-order valence-corrected chi connectivity index (χ0v) is 12.4. The highest BCUT2D eigenvalue weighted by Gasteiger charge is 2.33. The van der Waals surface area contributed by atoms with E-state index >= 15 is 0 Å². The summed E-state index contributed by atoms with van der Waals surface area (Å²) >= 11 is 0. The van der Waals surface area contributed by atoms with Gasteiger partial charge in [-0.25, -0.2) is 0 Å². The van der Waals surface area contributed by atoms with Gasteiger partial charge in [-0.05, 0) is 57.2 Å². The van der Waals surface area contributed by atoms with Gasteiger partial charge < -0.3 is 15.0 Å². The average Bonchev–Trinajstić information content (AvgIpc) is 2.40. The first-order chi connectivity index (χ1) is 8.59. The second-order valence-electron chi connectivity index (χ2n) is 6.79. The zero-order valence-electron chi connectivity index (χ0n) is 12.4. The van der Waals surface area contributed by atoms with Crippen molar-refractivity contribution < 1.29 is 4.74 Å². The van der Waals surface area contributed by atoms with Crippen LogP contribution in [0.1, 0.15) is 39.5 Å². The lowest BCUT2D eigenvalue weighted by Gasteiger charge is -2.42. The first-order valence-corrected chi connectivity index (χ1v) is 7.58. The lowest BCUT2D eigenvalue weighted by atomic mass is 9.74. The third-order valence-electron chi connectivity index (χ3n) is 4.87. The Morgan fingerprint density at radius 3 is 2.56 bits per heavy atom. The van der Waals surface area contributed by atoms with Crippen LogP contribution in [0.3, 0.4) is 0 Å². The molecule has 2 heterocycles. The third kappa shape index (κ3) is 3.69. The third-order valence-corrected chi connectivity index (χ3v) is 4.87. The fourth-order valence-corrected chi connectivity index (χ4v) is 3.55. The van der Waals surface area contributed by atoms with Crippen molar-refractivity contribution in [2.24, 2.45) is 11.3 Å². The Hall–Kier alpha value is -0.120. The maximum Gasteiger partial charge on any atom is 0.0480 e. The molecule has 2 saturated heterocycles. The number of piperidine rings is 1. The van der Waals surface area contributed by atoms with Crippen molar-refractivity contribution in [1.82, 2.24) is 10.2 Å². The highest BCUT2D eigenvalue weighted by atomic mass is 16.5. The molecule has 0 saturated carbocycles. The van der Waals surface area contributed by atoms with Crippen LogP contribution < -0.4 is 5.32 Å². The van der Waals surface area contributed by atoms with Crippen molar-refractivity contribution in [3.05, 3.63) is 0 Å². The Morgan fingerprint density at radius 1 is 1.22 bits per heavy atom. The van der Waals surface area contributed by atoms with E-state index in [0.29, 0.717) is 5.41 Å². The molecule has 0 spiro atoms. The lowest BCUT2D eigenvalue weighted by Crippen LogP contribution is -2.47. The average molecular weight is 254 g/mol. The van der Waals surface area contributed by atoms with Crippen LogP contribution in [0.2, 0.25) is 0 Å². The van der Waals surface area contributed by atoms with Gasteiger partial charge in [0.05, 0.1) is 0 Å². The van der Waals surface area contributed by atoms with E-state index in [9.17, 15) is 0 Å². The normalized spacial score (nSPS) is 27.7. The van der Waals surface area contributed by atoms with Gasteiger partial charge in [0.25, 0.3) is 0 Å². The molecule has 0 aliphatic carbocycles. The molecule has 1 N–H and O–H groups in total. The van der Waals surface area contributed by atoms with Crippen molar-refractivity contribution >= 4 is 0 Å². The Balaban J connectivity index is 1.85. The predicted octanol–water partition coefficient (Wildman–Crippen LogP) is 2.12. The van der Waals surface area contributed by atoms with Crippen LogP contribution in [0.5, 0.6) is 0 Å². The Kier molecular flexibility index (Phi) is 5.05.